The topological polar surface area (TPSA) is 63.3 Å². The van der Waals surface area contributed by atoms with Crippen LogP contribution in [0.25, 0.3) is 0 Å². The maximum absolute atomic E-state index is 10.0. The van der Waals surface area contributed by atoms with Crippen LogP contribution in [0.15, 0.2) is 22.1 Å². The molecule has 1 N–H and O–H groups in total. The molecule has 1 rings (SSSR count). The Balaban J connectivity index is 2.93. The first-order valence-corrected chi connectivity index (χ1v) is 2.92. The summed E-state index contributed by atoms with van der Waals surface area (Å²) in [6.45, 7) is 0. The molecule has 0 aliphatic carbocycles. The molecule has 0 aliphatic heterocycles. The van der Waals surface area contributed by atoms with Crippen molar-refractivity contribution in [2.45, 2.75) is 5.22 Å². The Bertz CT molecular complexity index is 182. The SMILES string of the molecule is O=S(O)c1ncco1. The Labute approximate surface area is 47.8 Å². The molecule has 0 bridgehead atoms. The van der Waals surface area contributed by atoms with E-state index < -0.39 is 11.1 Å². The standard InChI is InChI=1S/C3H3NO3S/c5-8(6)3-4-1-2-7-3/h1-2H,(H,5,6). The molecule has 5 heteroatoms. The van der Waals surface area contributed by atoms with Crippen LogP contribution in [-0.4, -0.2) is 13.7 Å². The quantitative estimate of drug-likeness (QED) is 0.558. The number of nitrogens with zero attached hydrogens (tertiary/aromatic N) is 1. The first-order valence-electron chi connectivity index (χ1n) is 1.81. The lowest BCUT2D eigenvalue weighted by molar-refractivity contribution is 0.422. The summed E-state index contributed by atoms with van der Waals surface area (Å²) in [4.78, 5) is 3.40. The van der Waals surface area contributed by atoms with Crippen LogP contribution in [0.2, 0.25) is 0 Å². The largest absolute Gasteiger partial charge is 0.437 e. The fourth-order valence-electron chi connectivity index (χ4n) is 0.297. The molecule has 0 radical (unpaired) electrons. The van der Waals surface area contributed by atoms with Crippen LogP contribution >= 0.6 is 0 Å². The van der Waals surface area contributed by atoms with Gasteiger partial charge in [-0.25, -0.2) is 9.19 Å². The lowest BCUT2D eigenvalue weighted by atomic mass is 11.0. The van der Waals surface area contributed by atoms with E-state index >= 15 is 0 Å². The average Bonchev–Trinajstić information content (AvgIpc) is 2.12. The van der Waals surface area contributed by atoms with Crippen LogP contribution < -0.4 is 0 Å². The molecule has 0 aromatic carbocycles. The normalized spacial score (nSPS) is 13.6. The van der Waals surface area contributed by atoms with Crippen LogP contribution in [0, 0.1) is 0 Å². The first kappa shape index (κ1) is 5.46. The van der Waals surface area contributed by atoms with E-state index in [0.29, 0.717) is 0 Å². The predicted octanol–water partition coefficient (Wildman–Crippen LogP) is 0.255. The van der Waals surface area contributed by atoms with Gasteiger partial charge >= 0.3 is 5.22 Å². The Kier molecular flexibility index (Phi) is 1.40. The van der Waals surface area contributed by atoms with Gasteiger partial charge in [-0.1, -0.05) is 0 Å². The van der Waals surface area contributed by atoms with Gasteiger partial charge in [0, 0.05) is 0 Å². The van der Waals surface area contributed by atoms with E-state index in [2.05, 4.69) is 9.40 Å². The molecule has 4 nitrogen and oxygen atoms in total. The molecule has 0 saturated heterocycles. The first-order chi connectivity index (χ1) is 3.80. The van der Waals surface area contributed by atoms with Gasteiger partial charge in [0.1, 0.15) is 6.26 Å². The molecule has 0 spiro atoms. The minimum atomic E-state index is -2.08. The minimum absolute atomic E-state index is 0.162. The highest BCUT2D eigenvalue weighted by atomic mass is 32.2. The molecule has 1 atom stereocenters. The third-order valence-corrected chi connectivity index (χ3v) is 1.06. The van der Waals surface area contributed by atoms with Crippen molar-refractivity contribution in [2.75, 3.05) is 0 Å². The van der Waals surface area contributed by atoms with E-state index in [4.69, 9.17) is 4.55 Å². The van der Waals surface area contributed by atoms with Gasteiger partial charge in [-0.2, -0.15) is 0 Å². The molecule has 1 aromatic rings. The van der Waals surface area contributed by atoms with Crippen molar-refractivity contribution < 1.29 is 13.2 Å². The second kappa shape index (κ2) is 2.06. The lowest BCUT2D eigenvalue weighted by Crippen LogP contribution is -1.85. The Morgan fingerprint density at radius 3 is 2.88 bits per heavy atom. The number of hydrogen-bond acceptors (Lipinski definition) is 3. The minimum Gasteiger partial charge on any atom is -0.437 e. The third kappa shape index (κ3) is 0.932. The van der Waals surface area contributed by atoms with Crippen LogP contribution in [0.3, 0.4) is 0 Å². The van der Waals surface area contributed by atoms with E-state index in [1.807, 2.05) is 0 Å². The van der Waals surface area contributed by atoms with Crippen LogP contribution in [-0.2, 0) is 11.1 Å². The van der Waals surface area contributed by atoms with E-state index in [1.54, 1.807) is 0 Å². The number of rotatable bonds is 1. The molecule has 0 aliphatic rings. The van der Waals surface area contributed by atoms with Crippen molar-refractivity contribution in [2.24, 2.45) is 0 Å². The summed E-state index contributed by atoms with van der Waals surface area (Å²) >= 11 is -2.08. The summed E-state index contributed by atoms with van der Waals surface area (Å²) in [5.74, 6) is 0. The van der Waals surface area contributed by atoms with Crippen molar-refractivity contribution >= 4 is 11.1 Å². The molecule has 1 unspecified atom stereocenters. The number of aromatic nitrogens is 1. The summed E-state index contributed by atoms with van der Waals surface area (Å²) in [5.41, 5.74) is 0. The summed E-state index contributed by atoms with van der Waals surface area (Å²) in [7, 11) is 0. The summed E-state index contributed by atoms with van der Waals surface area (Å²) in [6, 6.07) is 0. The van der Waals surface area contributed by atoms with Gasteiger partial charge in [-0.05, 0) is 0 Å². The van der Waals surface area contributed by atoms with Crippen molar-refractivity contribution in [1.29, 1.82) is 0 Å². The highest BCUT2D eigenvalue weighted by molar-refractivity contribution is 7.78. The molecule has 0 saturated carbocycles. The van der Waals surface area contributed by atoms with Crippen molar-refractivity contribution in [1.82, 2.24) is 4.98 Å². The van der Waals surface area contributed by atoms with Gasteiger partial charge in [0.25, 0.3) is 0 Å². The highest BCUT2D eigenvalue weighted by Gasteiger charge is 2.01. The molecule has 0 fully saturated rings. The number of hydrogen-bond donors (Lipinski definition) is 1. The highest BCUT2D eigenvalue weighted by Crippen LogP contribution is 1.96. The lowest BCUT2D eigenvalue weighted by Gasteiger charge is -1.78. The second-order valence-electron chi connectivity index (χ2n) is 1.05. The fraction of sp³-hybridized carbons (Fsp3) is 0. The zero-order valence-corrected chi connectivity index (χ0v) is 4.59. The molecular formula is C3H3NO3S. The maximum atomic E-state index is 10.0. The Morgan fingerprint density at radius 2 is 2.62 bits per heavy atom. The summed E-state index contributed by atoms with van der Waals surface area (Å²) < 4.78 is 22.7. The van der Waals surface area contributed by atoms with E-state index in [-0.39, 0.29) is 5.22 Å². The van der Waals surface area contributed by atoms with Crippen molar-refractivity contribution in [3.05, 3.63) is 12.5 Å². The van der Waals surface area contributed by atoms with Gasteiger partial charge in [0.2, 0.25) is 11.1 Å². The number of oxazole rings is 1. The monoisotopic (exact) mass is 133 g/mol. The second-order valence-corrected chi connectivity index (χ2v) is 1.89. The molecule has 8 heavy (non-hydrogen) atoms. The maximum Gasteiger partial charge on any atom is 0.314 e. The van der Waals surface area contributed by atoms with Gasteiger partial charge in [0.05, 0.1) is 6.20 Å². The fourth-order valence-corrected chi connectivity index (χ4v) is 0.586. The summed E-state index contributed by atoms with van der Waals surface area (Å²) in [6.07, 6.45) is 2.55. The van der Waals surface area contributed by atoms with E-state index in [0.717, 1.165) is 0 Å². The van der Waals surface area contributed by atoms with Crippen molar-refractivity contribution in [3.63, 3.8) is 0 Å². The van der Waals surface area contributed by atoms with Crippen LogP contribution in [0.5, 0.6) is 0 Å². The predicted molar refractivity (Wildman–Crippen MR) is 25.5 cm³/mol. The van der Waals surface area contributed by atoms with Crippen LogP contribution in [0.1, 0.15) is 0 Å². The van der Waals surface area contributed by atoms with E-state index in [9.17, 15) is 4.21 Å². The Hall–Kier alpha value is -0.680. The van der Waals surface area contributed by atoms with Gasteiger partial charge < -0.3 is 4.42 Å². The smallest absolute Gasteiger partial charge is 0.314 e. The molecule has 1 heterocycles. The van der Waals surface area contributed by atoms with Crippen molar-refractivity contribution in [3.8, 4) is 0 Å². The molecular weight excluding hydrogens is 130 g/mol. The summed E-state index contributed by atoms with van der Waals surface area (Å²) in [5, 5.41) is -0.162. The van der Waals surface area contributed by atoms with E-state index in [1.165, 1.54) is 12.5 Å². The zero-order valence-electron chi connectivity index (χ0n) is 3.77. The van der Waals surface area contributed by atoms with Gasteiger partial charge in [0.15, 0.2) is 0 Å². The Morgan fingerprint density at radius 1 is 1.88 bits per heavy atom. The van der Waals surface area contributed by atoms with Crippen LogP contribution in [0.4, 0.5) is 0 Å². The van der Waals surface area contributed by atoms with Gasteiger partial charge in [-0.3, -0.25) is 4.55 Å². The molecule has 44 valence electrons. The van der Waals surface area contributed by atoms with Gasteiger partial charge in [-0.15, -0.1) is 0 Å². The molecule has 0 amide bonds. The third-order valence-electron chi connectivity index (χ3n) is 0.559. The zero-order chi connectivity index (χ0) is 5.98. The molecule has 1 aromatic heterocycles. The average molecular weight is 133 g/mol.